The number of nitrogens with zero attached hydrogens (tertiary/aromatic N) is 2. The lowest BCUT2D eigenvalue weighted by molar-refractivity contribution is 0.400. The highest BCUT2D eigenvalue weighted by molar-refractivity contribution is 5.33. The largest absolute Gasteiger partial charge is 0.493 e. The summed E-state index contributed by atoms with van der Waals surface area (Å²) in [5.74, 6) is 0.778. The Bertz CT molecular complexity index is 604. The van der Waals surface area contributed by atoms with Gasteiger partial charge in [-0.25, -0.2) is 0 Å². The van der Waals surface area contributed by atoms with Gasteiger partial charge in [0.25, 0.3) is 0 Å². The van der Waals surface area contributed by atoms with Crippen LogP contribution in [0.5, 0.6) is 5.75 Å². The SMILES string of the molecule is CCCn1ncc(OC)c1C(N)Cc1ccc(C)c(C)c1. The van der Waals surface area contributed by atoms with Gasteiger partial charge in [0.2, 0.25) is 0 Å². The summed E-state index contributed by atoms with van der Waals surface area (Å²) >= 11 is 0. The molecule has 0 saturated heterocycles. The van der Waals surface area contributed by atoms with E-state index in [1.54, 1.807) is 13.3 Å². The number of nitrogens with two attached hydrogens (primary N) is 1. The first-order valence-corrected chi connectivity index (χ1v) is 7.48. The molecular formula is C17H25N3O. The Hall–Kier alpha value is -1.81. The van der Waals surface area contributed by atoms with Crippen molar-refractivity contribution in [3.8, 4) is 5.75 Å². The highest BCUT2D eigenvalue weighted by Crippen LogP contribution is 2.26. The normalized spacial score (nSPS) is 12.4. The first-order chi connectivity index (χ1) is 10.1. The second-order valence-electron chi connectivity index (χ2n) is 5.55. The lowest BCUT2D eigenvalue weighted by Gasteiger charge is -2.16. The first kappa shape index (κ1) is 15.6. The fourth-order valence-corrected chi connectivity index (χ4v) is 2.58. The van der Waals surface area contributed by atoms with Crippen molar-refractivity contribution in [1.82, 2.24) is 9.78 Å². The molecule has 1 heterocycles. The van der Waals surface area contributed by atoms with Crippen LogP contribution in [0.2, 0.25) is 0 Å². The molecule has 0 saturated carbocycles. The smallest absolute Gasteiger partial charge is 0.161 e. The predicted molar refractivity (Wildman–Crippen MR) is 85.6 cm³/mol. The summed E-state index contributed by atoms with van der Waals surface area (Å²) in [7, 11) is 1.67. The van der Waals surface area contributed by atoms with Gasteiger partial charge in [-0.3, -0.25) is 4.68 Å². The van der Waals surface area contributed by atoms with Gasteiger partial charge in [-0.05, 0) is 43.4 Å². The number of rotatable bonds is 6. The van der Waals surface area contributed by atoms with Gasteiger partial charge in [-0.2, -0.15) is 5.10 Å². The summed E-state index contributed by atoms with van der Waals surface area (Å²) in [6, 6.07) is 6.39. The quantitative estimate of drug-likeness (QED) is 0.888. The van der Waals surface area contributed by atoms with Gasteiger partial charge in [0.05, 0.1) is 25.0 Å². The van der Waals surface area contributed by atoms with Gasteiger partial charge in [0.15, 0.2) is 5.75 Å². The lowest BCUT2D eigenvalue weighted by Crippen LogP contribution is -2.19. The van der Waals surface area contributed by atoms with E-state index in [4.69, 9.17) is 10.5 Å². The molecule has 2 rings (SSSR count). The molecule has 21 heavy (non-hydrogen) atoms. The van der Waals surface area contributed by atoms with Crippen molar-refractivity contribution in [2.45, 2.75) is 46.2 Å². The van der Waals surface area contributed by atoms with E-state index in [1.807, 2.05) is 4.68 Å². The molecule has 0 bridgehead atoms. The molecule has 1 atom stereocenters. The Balaban J connectivity index is 2.24. The monoisotopic (exact) mass is 287 g/mol. The molecule has 1 unspecified atom stereocenters. The van der Waals surface area contributed by atoms with Gasteiger partial charge in [0.1, 0.15) is 0 Å². The van der Waals surface area contributed by atoms with Crippen LogP contribution in [0.25, 0.3) is 0 Å². The van der Waals surface area contributed by atoms with Crippen LogP contribution >= 0.6 is 0 Å². The number of hydrogen-bond donors (Lipinski definition) is 1. The highest BCUT2D eigenvalue weighted by Gasteiger charge is 2.19. The maximum atomic E-state index is 6.43. The van der Waals surface area contributed by atoms with E-state index in [1.165, 1.54) is 16.7 Å². The average molecular weight is 287 g/mol. The van der Waals surface area contributed by atoms with Crippen LogP contribution in [-0.2, 0) is 13.0 Å². The average Bonchev–Trinajstić information content (AvgIpc) is 2.86. The Labute approximate surface area is 126 Å². The third-order valence-electron chi connectivity index (χ3n) is 3.88. The number of benzene rings is 1. The molecule has 4 heteroatoms. The Kier molecular flexibility index (Phi) is 5.02. The minimum atomic E-state index is -0.115. The third kappa shape index (κ3) is 3.45. The Morgan fingerprint density at radius 3 is 2.67 bits per heavy atom. The standard InChI is InChI=1S/C17H25N3O/c1-5-8-20-17(16(21-4)11-19-20)15(18)10-14-7-6-12(2)13(3)9-14/h6-7,9,11,15H,5,8,10,18H2,1-4H3. The molecule has 1 aromatic heterocycles. The van der Waals surface area contributed by atoms with E-state index in [0.29, 0.717) is 0 Å². The fraction of sp³-hybridized carbons (Fsp3) is 0.471. The molecule has 4 nitrogen and oxygen atoms in total. The van der Waals surface area contributed by atoms with E-state index >= 15 is 0 Å². The topological polar surface area (TPSA) is 53.1 Å². The van der Waals surface area contributed by atoms with Gasteiger partial charge in [-0.15, -0.1) is 0 Å². The van der Waals surface area contributed by atoms with Gasteiger partial charge in [0, 0.05) is 6.54 Å². The predicted octanol–water partition coefficient (Wildman–Crippen LogP) is 3.16. The second-order valence-corrected chi connectivity index (χ2v) is 5.55. The number of aromatic nitrogens is 2. The first-order valence-electron chi connectivity index (χ1n) is 7.48. The van der Waals surface area contributed by atoms with E-state index in [2.05, 4.69) is 44.1 Å². The summed E-state index contributed by atoms with van der Waals surface area (Å²) in [6.07, 6.45) is 3.56. The van der Waals surface area contributed by atoms with Crippen molar-refractivity contribution in [3.05, 3.63) is 46.8 Å². The third-order valence-corrected chi connectivity index (χ3v) is 3.88. The van der Waals surface area contributed by atoms with Crippen molar-refractivity contribution < 1.29 is 4.74 Å². The molecule has 0 aliphatic heterocycles. The van der Waals surface area contributed by atoms with Crippen LogP contribution in [0, 0.1) is 13.8 Å². The number of methoxy groups -OCH3 is 1. The summed E-state index contributed by atoms with van der Waals surface area (Å²) in [5.41, 5.74) is 11.3. The maximum absolute atomic E-state index is 6.43. The maximum Gasteiger partial charge on any atom is 0.161 e. The lowest BCUT2D eigenvalue weighted by atomic mass is 9.99. The Morgan fingerprint density at radius 2 is 2.05 bits per heavy atom. The minimum Gasteiger partial charge on any atom is -0.493 e. The van der Waals surface area contributed by atoms with Crippen molar-refractivity contribution in [3.63, 3.8) is 0 Å². The van der Waals surface area contributed by atoms with Gasteiger partial charge in [-0.1, -0.05) is 25.1 Å². The molecule has 0 fully saturated rings. The van der Waals surface area contributed by atoms with E-state index in [0.717, 1.165) is 30.8 Å². The van der Waals surface area contributed by atoms with E-state index in [-0.39, 0.29) is 6.04 Å². The summed E-state index contributed by atoms with van der Waals surface area (Å²) in [4.78, 5) is 0. The van der Waals surface area contributed by atoms with Gasteiger partial charge >= 0.3 is 0 Å². The zero-order valence-electron chi connectivity index (χ0n) is 13.4. The van der Waals surface area contributed by atoms with Crippen molar-refractivity contribution in [2.24, 2.45) is 5.73 Å². The molecular weight excluding hydrogens is 262 g/mol. The zero-order valence-corrected chi connectivity index (χ0v) is 13.4. The van der Waals surface area contributed by atoms with Crippen molar-refractivity contribution >= 4 is 0 Å². The molecule has 0 radical (unpaired) electrons. The van der Waals surface area contributed by atoms with Crippen molar-refractivity contribution in [1.29, 1.82) is 0 Å². The van der Waals surface area contributed by atoms with Crippen LogP contribution in [-0.4, -0.2) is 16.9 Å². The molecule has 0 aliphatic rings. The van der Waals surface area contributed by atoms with E-state index in [9.17, 15) is 0 Å². The molecule has 0 amide bonds. The molecule has 1 aromatic carbocycles. The van der Waals surface area contributed by atoms with Crippen LogP contribution in [0.4, 0.5) is 0 Å². The molecule has 0 aliphatic carbocycles. The minimum absolute atomic E-state index is 0.115. The summed E-state index contributed by atoms with van der Waals surface area (Å²) in [5, 5.41) is 4.38. The second kappa shape index (κ2) is 6.76. The van der Waals surface area contributed by atoms with Crippen molar-refractivity contribution in [2.75, 3.05) is 7.11 Å². The molecule has 2 aromatic rings. The van der Waals surface area contributed by atoms with Crippen LogP contribution in [0.1, 0.15) is 41.8 Å². The number of aryl methyl sites for hydroxylation is 3. The molecule has 2 N–H and O–H groups in total. The van der Waals surface area contributed by atoms with Crippen LogP contribution in [0.15, 0.2) is 24.4 Å². The summed E-state index contributed by atoms with van der Waals surface area (Å²) < 4.78 is 7.37. The van der Waals surface area contributed by atoms with Gasteiger partial charge < -0.3 is 10.5 Å². The highest BCUT2D eigenvalue weighted by atomic mass is 16.5. The fourth-order valence-electron chi connectivity index (χ4n) is 2.58. The number of hydrogen-bond acceptors (Lipinski definition) is 3. The van der Waals surface area contributed by atoms with E-state index < -0.39 is 0 Å². The Morgan fingerprint density at radius 1 is 1.29 bits per heavy atom. The van der Waals surface area contributed by atoms with Crippen LogP contribution in [0.3, 0.4) is 0 Å². The molecule has 114 valence electrons. The molecule has 0 spiro atoms. The summed E-state index contributed by atoms with van der Waals surface area (Å²) in [6.45, 7) is 7.25. The number of ether oxygens (including phenoxy) is 1. The zero-order chi connectivity index (χ0) is 15.4. The van der Waals surface area contributed by atoms with Crippen LogP contribution < -0.4 is 10.5 Å².